The van der Waals surface area contributed by atoms with Crippen molar-refractivity contribution in [2.24, 2.45) is 5.92 Å². The Balaban J connectivity index is 1.56. The number of fused-ring (bicyclic) bond motifs is 3. The summed E-state index contributed by atoms with van der Waals surface area (Å²) in [6, 6.07) is 27.7. The van der Waals surface area contributed by atoms with Crippen molar-refractivity contribution in [2.45, 2.75) is 25.7 Å². The zero-order valence-corrected chi connectivity index (χ0v) is 17.3. The van der Waals surface area contributed by atoms with Crippen LogP contribution in [0.1, 0.15) is 36.8 Å². The van der Waals surface area contributed by atoms with Crippen molar-refractivity contribution in [3.8, 4) is 16.9 Å². The molecule has 0 spiro atoms. The Morgan fingerprint density at radius 1 is 0.700 bits per heavy atom. The van der Waals surface area contributed by atoms with Gasteiger partial charge in [0.15, 0.2) is 0 Å². The molecule has 0 radical (unpaired) electrons. The molecule has 5 rings (SSSR count). The average Bonchev–Trinajstić information content (AvgIpc) is 2.96. The minimum atomic E-state index is 0.210. The second-order valence-electron chi connectivity index (χ2n) is 8.11. The van der Waals surface area contributed by atoms with E-state index in [4.69, 9.17) is 9.47 Å². The Morgan fingerprint density at radius 3 is 2.20 bits per heavy atom. The number of benzene rings is 3. The number of rotatable bonds is 2. The van der Waals surface area contributed by atoms with E-state index in [1.54, 1.807) is 0 Å². The Hall–Kier alpha value is -3.26. The average molecular weight is 395 g/mol. The molecule has 3 aromatic carbocycles. The third-order valence-electron chi connectivity index (χ3n) is 6.23. The lowest BCUT2D eigenvalue weighted by Gasteiger charge is -2.25. The van der Waals surface area contributed by atoms with Gasteiger partial charge in [-0.25, -0.2) is 0 Å². The smallest absolute Gasteiger partial charge is 0.230 e. The highest BCUT2D eigenvalue weighted by atomic mass is 16.7. The molecule has 3 aromatic rings. The zero-order chi connectivity index (χ0) is 20.3. The van der Waals surface area contributed by atoms with Gasteiger partial charge in [-0.05, 0) is 59.2 Å². The van der Waals surface area contributed by atoms with Gasteiger partial charge >= 0.3 is 0 Å². The molecule has 1 heterocycles. The molecule has 0 N–H and O–H groups in total. The van der Waals surface area contributed by atoms with Crippen LogP contribution in [-0.4, -0.2) is 6.79 Å². The second kappa shape index (κ2) is 8.23. The molecule has 30 heavy (non-hydrogen) atoms. The van der Waals surface area contributed by atoms with Crippen molar-refractivity contribution in [3.05, 3.63) is 108 Å². The standard InChI is InChI=1S/C28H26O2/c1-20-12-14-25-26-18-23(21-8-4-2-5-9-21)13-16-28(26)30-19-29-27(25)17-15-24(20)22-10-6-3-7-11-22/h2-11,13,15-18,20,25H,12,14,19H2,1H3/b24-15+,27-17+/t20-,25?/m1/s1. The molecule has 2 aliphatic rings. The van der Waals surface area contributed by atoms with Crippen LogP contribution in [0.3, 0.4) is 0 Å². The van der Waals surface area contributed by atoms with Gasteiger partial charge < -0.3 is 9.47 Å². The molecular formula is C28H26O2. The van der Waals surface area contributed by atoms with E-state index in [1.165, 1.54) is 27.8 Å². The summed E-state index contributed by atoms with van der Waals surface area (Å²) in [6.07, 6.45) is 6.54. The summed E-state index contributed by atoms with van der Waals surface area (Å²) in [5.41, 5.74) is 6.32. The second-order valence-corrected chi connectivity index (χ2v) is 8.11. The van der Waals surface area contributed by atoms with Crippen molar-refractivity contribution in [1.82, 2.24) is 0 Å². The molecule has 0 saturated carbocycles. The maximum Gasteiger partial charge on any atom is 0.230 e. The van der Waals surface area contributed by atoms with E-state index >= 15 is 0 Å². The van der Waals surface area contributed by atoms with Crippen molar-refractivity contribution in [1.29, 1.82) is 0 Å². The maximum atomic E-state index is 6.08. The van der Waals surface area contributed by atoms with E-state index in [2.05, 4.69) is 97.9 Å². The monoisotopic (exact) mass is 394 g/mol. The molecule has 1 unspecified atom stereocenters. The van der Waals surface area contributed by atoms with Crippen LogP contribution in [0, 0.1) is 5.92 Å². The Bertz CT molecular complexity index is 1080. The lowest BCUT2D eigenvalue weighted by Crippen LogP contribution is -2.10. The molecule has 1 aliphatic carbocycles. The molecule has 0 amide bonds. The maximum absolute atomic E-state index is 6.08. The molecule has 0 saturated heterocycles. The van der Waals surface area contributed by atoms with Crippen molar-refractivity contribution >= 4 is 5.57 Å². The molecule has 1 aliphatic heterocycles. The Morgan fingerprint density at radius 2 is 1.43 bits per heavy atom. The van der Waals surface area contributed by atoms with Crippen LogP contribution in [0.15, 0.2) is 96.8 Å². The fourth-order valence-electron chi connectivity index (χ4n) is 4.56. The molecule has 0 aromatic heterocycles. The third-order valence-corrected chi connectivity index (χ3v) is 6.23. The van der Waals surface area contributed by atoms with Crippen LogP contribution in [0.25, 0.3) is 16.7 Å². The van der Waals surface area contributed by atoms with E-state index in [0.717, 1.165) is 24.4 Å². The predicted octanol–water partition coefficient (Wildman–Crippen LogP) is 7.20. The summed E-state index contributed by atoms with van der Waals surface area (Å²) in [4.78, 5) is 0. The predicted molar refractivity (Wildman–Crippen MR) is 122 cm³/mol. The van der Waals surface area contributed by atoms with Gasteiger partial charge in [-0.15, -0.1) is 0 Å². The van der Waals surface area contributed by atoms with Gasteiger partial charge in [0.2, 0.25) is 6.79 Å². The Labute approximate surface area is 178 Å². The van der Waals surface area contributed by atoms with Crippen LogP contribution >= 0.6 is 0 Å². The highest BCUT2D eigenvalue weighted by Crippen LogP contribution is 2.43. The van der Waals surface area contributed by atoms with E-state index in [9.17, 15) is 0 Å². The summed E-state index contributed by atoms with van der Waals surface area (Å²) in [5, 5.41) is 0. The van der Waals surface area contributed by atoms with Crippen LogP contribution in [0.5, 0.6) is 5.75 Å². The van der Waals surface area contributed by atoms with Crippen LogP contribution in [0.4, 0.5) is 0 Å². The topological polar surface area (TPSA) is 18.5 Å². The first kappa shape index (κ1) is 18.7. The summed E-state index contributed by atoms with van der Waals surface area (Å²) in [6.45, 7) is 2.58. The zero-order valence-electron chi connectivity index (χ0n) is 17.3. The summed E-state index contributed by atoms with van der Waals surface area (Å²) in [5.74, 6) is 2.63. The van der Waals surface area contributed by atoms with Crippen molar-refractivity contribution < 1.29 is 9.47 Å². The van der Waals surface area contributed by atoms with Crippen LogP contribution < -0.4 is 4.74 Å². The highest BCUT2D eigenvalue weighted by Gasteiger charge is 2.28. The molecule has 2 nitrogen and oxygen atoms in total. The van der Waals surface area contributed by atoms with Crippen molar-refractivity contribution in [2.75, 3.05) is 6.79 Å². The SMILES string of the molecule is C[C@@H]1CCC2/C(=C\C=C/1c1ccccc1)OCOc1ccc(-c3ccccc3)cc12. The van der Waals surface area contributed by atoms with Gasteiger partial charge in [-0.3, -0.25) is 0 Å². The van der Waals surface area contributed by atoms with Gasteiger partial charge in [0.05, 0.1) is 0 Å². The fraction of sp³-hybridized carbons (Fsp3) is 0.214. The lowest BCUT2D eigenvalue weighted by atomic mass is 9.81. The lowest BCUT2D eigenvalue weighted by molar-refractivity contribution is 0.0620. The number of ether oxygens (including phenoxy) is 2. The van der Waals surface area contributed by atoms with E-state index in [-0.39, 0.29) is 12.7 Å². The minimum Gasteiger partial charge on any atom is -0.461 e. The number of allylic oxidation sites excluding steroid dienone is 4. The highest BCUT2D eigenvalue weighted by molar-refractivity contribution is 5.70. The molecule has 2 atom stereocenters. The van der Waals surface area contributed by atoms with Gasteiger partial charge in [-0.2, -0.15) is 0 Å². The first-order valence-corrected chi connectivity index (χ1v) is 10.7. The Kier molecular flexibility index (Phi) is 5.15. The van der Waals surface area contributed by atoms with Crippen LogP contribution in [0.2, 0.25) is 0 Å². The number of hydrogen-bond acceptors (Lipinski definition) is 2. The summed E-state index contributed by atoms with van der Waals surface area (Å²) in [7, 11) is 0. The van der Waals surface area contributed by atoms with E-state index in [0.29, 0.717) is 5.92 Å². The quantitative estimate of drug-likeness (QED) is 0.457. The first-order chi connectivity index (χ1) is 14.8. The summed E-state index contributed by atoms with van der Waals surface area (Å²) >= 11 is 0. The molecule has 150 valence electrons. The van der Waals surface area contributed by atoms with Gasteiger partial charge in [-0.1, -0.05) is 79.7 Å². The van der Waals surface area contributed by atoms with Gasteiger partial charge in [0, 0.05) is 11.5 Å². The van der Waals surface area contributed by atoms with Crippen molar-refractivity contribution in [3.63, 3.8) is 0 Å². The van der Waals surface area contributed by atoms with Gasteiger partial charge in [0.25, 0.3) is 0 Å². The van der Waals surface area contributed by atoms with E-state index in [1.807, 2.05) is 0 Å². The van der Waals surface area contributed by atoms with E-state index < -0.39 is 0 Å². The third kappa shape index (κ3) is 3.66. The minimum absolute atomic E-state index is 0.210. The molecule has 0 bridgehead atoms. The first-order valence-electron chi connectivity index (χ1n) is 10.7. The fourth-order valence-corrected chi connectivity index (χ4v) is 4.56. The largest absolute Gasteiger partial charge is 0.461 e. The molecule has 2 heteroatoms. The normalized spacial score (nSPS) is 24.2. The molecular weight excluding hydrogens is 368 g/mol. The molecule has 0 fully saturated rings. The number of hydrogen-bond donors (Lipinski definition) is 0. The van der Waals surface area contributed by atoms with Crippen LogP contribution in [-0.2, 0) is 4.74 Å². The van der Waals surface area contributed by atoms with Gasteiger partial charge in [0.1, 0.15) is 11.5 Å². The summed E-state index contributed by atoms with van der Waals surface area (Å²) < 4.78 is 12.1.